The Morgan fingerprint density at radius 2 is 2.25 bits per heavy atom. The first kappa shape index (κ1) is 13.0. The van der Waals surface area contributed by atoms with E-state index in [2.05, 4.69) is 15.9 Å². The summed E-state index contributed by atoms with van der Waals surface area (Å²) in [6.45, 7) is 2.07. The average Bonchev–Trinajstić information content (AvgIpc) is 2.28. The Labute approximate surface area is 103 Å². The highest BCUT2D eigenvalue weighted by molar-refractivity contribution is 9.10. The van der Waals surface area contributed by atoms with Crippen LogP contribution >= 0.6 is 15.9 Å². The van der Waals surface area contributed by atoms with Crippen LogP contribution < -0.4 is 10.5 Å². The van der Waals surface area contributed by atoms with Gasteiger partial charge in [-0.15, -0.1) is 0 Å². The smallest absolute Gasteiger partial charge is 0.327 e. The molecule has 0 unspecified atom stereocenters. The maximum Gasteiger partial charge on any atom is 0.327 e. The highest BCUT2D eigenvalue weighted by Crippen LogP contribution is 2.27. The van der Waals surface area contributed by atoms with Crippen LogP contribution in [0.2, 0.25) is 0 Å². The predicted molar refractivity (Wildman–Crippen MR) is 64.3 cm³/mol. The molecule has 0 fully saturated rings. The summed E-state index contributed by atoms with van der Waals surface area (Å²) in [6.07, 6.45) is 0. The van der Waals surface area contributed by atoms with E-state index in [1.165, 1.54) is 0 Å². The molecule has 0 bridgehead atoms. The van der Waals surface area contributed by atoms with Gasteiger partial charge >= 0.3 is 5.97 Å². The van der Waals surface area contributed by atoms with E-state index in [0.717, 1.165) is 4.47 Å². The molecule has 0 aliphatic carbocycles. The Kier molecular flexibility index (Phi) is 4.76. The number of carbonyl (C=O) groups is 1. The largest absolute Gasteiger partial charge is 0.496 e. The highest BCUT2D eigenvalue weighted by Gasteiger charge is 2.17. The lowest BCUT2D eigenvalue weighted by Gasteiger charge is -2.12. The monoisotopic (exact) mass is 287 g/mol. The van der Waals surface area contributed by atoms with Crippen LogP contribution in [0, 0.1) is 0 Å². The molecular formula is C11H14BrNO3. The van der Waals surface area contributed by atoms with Crippen molar-refractivity contribution in [2.24, 2.45) is 5.73 Å². The second kappa shape index (κ2) is 5.86. The van der Waals surface area contributed by atoms with Crippen molar-refractivity contribution in [2.45, 2.75) is 13.0 Å². The molecule has 0 saturated carbocycles. The van der Waals surface area contributed by atoms with E-state index in [0.29, 0.717) is 17.9 Å². The number of halogens is 1. The number of esters is 1. The van der Waals surface area contributed by atoms with Crippen LogP contribution in [0.15, 0.2) is 22.7 Å². The van der Waals surface area contributed by atoms with Gasteiger partial charge in [0.1, 0.15) is 11.8 Å². The summed E-state index contributed by atoms with van der Waals surface area (Å²) in [4.78, 5) is 11.4. The van der Waals surface area contributed by atoms with E-state index in [1.807, 2.05) is 0 Å². The summed E-state index contributed by atoms with van der Waals surface area (Å²) in [5.74, 6) is 0.263. The molecule has 0 spiro atoms. The normalized spacial score (nSPS) is 12.0. The fraction of sp³-hybridized carbons (Fsp3) is 0.364. The number of methoxy groups -OCH3 is 1. The van der Waals surface area contributed by atoms with E-state index in [4.69, 9.17) is 15.2 Å². The number of benzene rings is 1. The van der Waals surface area contributed by atoms with E-state index in [-0.39, 0.29) is 0 Å². The summed E-state index contributed by atoms with van der Waals surface area (Å²) < 4.78 is 10.7. The molecule has 0 radical (unpaired) electrons. The number of hydrogen-bond donors (Lipinski definition) is 1. The minimum absolute atomic E-state index is 0.323. The van der Waals surface area contributed by atoms with Gasteiger partial charge in [-0.2, -0.15) is 0 Å². The van der Waals surface area contributed by atoms with Crippen molar-refractivity contribution in [3.63, 3.8) is 0 Å². The molecule has 0 aliphatic rings. The number of ether oxygens (including phenoxy) is 2. The van der Waals surface area contributed by atoms with Crippen LogP contribution in [-0.2, 0) is 9.53 Å². The van der Waals surface area contributed by atoms with Crippen LogP contribution in [0.25, 0.3) is 0 Å². The predicted octanol–water partition coefficient (Wildman–Crippen LogP) is 2.02. The molecule has 0 aliphatic heterocycles. The molecule has 0 amide bonds. The van der Waals surface area contributed by atoms with E-state index >= 15 is 0 Å². The number of rotatable bonds is 4. The number of nitrogens with two attached hydrogens (primary N) is 1. The molecule has 2 N–H and O–H groups in total. The molecule has 5 heteroatoms. The van der Waals surface area contributed by atoms with Gasteiger partial charge in [0.2, 0.25) is 0 Å². The van der Waals surface area contributed by atoms with Gasteiger partial charge in [0, 0.05) is 0 Å². The maximum atomic E-state index is 11.4. The zero-order chi connectivity index (χ0) is 12.1. The topological polar surface area (TPSA) is 61.5 Å². The summed E-state index contributed by atoms with van der Waals surface area (Å²) >= 11 is 3.33. The van der Waals surface area contributed by atoms with Crippen molar-refractivity contribution in [3.05, 3.63) is 28.2 Å². The van der Waals surface area contributed by atoms with Gasteiger partial charge in [-0.1, -0.05) is 6.07 Å². The Morgan fingerprint density at radius 1 is 1.56 bits per heavy atom. The van der Waals surface area contributed by atoms with Gasteiger partial charge < -0.3 is 15.2 Å². The van der Waals surface area contributed by atoms with Crippen LogP contribution in [0.3, 0.4) is 0 Å². The first-order valence-corrected chi connectivity index (χ1v) is 5.65. The molecule has 4 nitrogen and oxygen atoms in total. The maximum absolute atomic E-state index is 11.4. The zero-order valence-corrected chi connectivity index (χ0v) is 10.8. The van der Waals surface area contributed by atoms with Crippen LogP contribution in [0.5, 0.6) is 5.75 Å². The van der Waals surface area contributed by atoms with Gasteiger partial charge in [0.15, 0.2) is 0 Å². The van der Waals surface area contributed by atoms with Crippen LogP contribution in [0.1, 0.15) is 18.5 Å². The van der Waals surface area contributed by atoms with Gasteiger partial charge in [0.05, 0.1) is 18.2 Å². The SMILES string of the molecule is CCOC(=O)[C@@H](N)c1ccc(OC)c(Br)c1. The molecule has 1 atom stereocenters. The number of carbonyl (C=O) groups excluding carboxylic acids is 1. The first-order valence-electron chi connectivity index (χ1n) is 4.85. The summed E-state index contributed by atoms with van der Waals surface area (Å²) in [5, 5.41) is 0. The molecular weight excluding hydrogens is 274 g/mol. The zero-order valence-electron chi connectivity index (χ0n) is 9.20. The van der Waals surface area contributed by atoms with E-state index < -0.39 is 12.0 Å². The lowest BCUT2D eigenvalue weighted by molar-refractivity contribution is -0.144. The third-order valence-electron chi connectivity index (χ3n) is 2.08. The second-order valence-electron chi connectivity index (χ2n) is 3.12. The number of hydrogen-bond acceptors (Lipinski definition) is 4. The third-order valence-corrected chi connectivity index (χ3v) is 2.70. The van der Waals surface area contributed by atoms with Crippen molar-refractivity contribution in [1.82, 2.24) is 0 Å². The fourth-order valence-corrected chi connectivity index (χ4v) is 1.80. The summed E-state index contributed by atoms with van der Waals surface area (Å²) in [6, 6.07) is 4.48. The minimum atomic E-state index is -0.762. The van der Waals surface area contributed by atoms with Crippen molar-refractivity contribution >= 4 is 21.9 Å². The van der Waals surface area contributed by atoms with Crippen LogP contribution in [-0.4, -0.2) is 19.7 Å². The van der Waals surface area contributed by atoms with Gasteiger partial charge in [-0.05, 0) is 40.5 Å². The van der Waals surface area contributed by atoms with Gasteiger partial charge in [-0.25, -0.2) is 4.79 Å². The summed E-state index contributed by atoms with van der Waals surface area (Å²) in [5.41, 5.74) is 6.44. The Bertz CT molecular complexity index is 381. The molecule has 1 aromatic carbocycles. The lowest BCUT2D eigenvalue weighted by atomic mass is 10.1. The van der Waals surface area contributed by atoms with Crippen molar-refractivity contribution in [2.75, 3.05) is 13.7 Å². The molecule has 1 rings (SSSR count). The highest BCUT2D eigenvalue weighted by atomic mass is 79.9. The van der Waals surface area contributed by atoms with E-state index in [1.54, 1.807) is 32.2 Å². The van der Waals surface area contributed by atoms with Gasteiger partial charge in [0.25, 0.3) is 0 Å². The van der Waals surface area contributed by atoms with Crippen molar-refractivity contribution < 1.29 is 14.3 Å². The lowest BCUT2D eigenvalue weighted by Crippen LogP contribution is -2.23. The molecule has 16 heavy (non-hydrogen) atoms. The van der Waals surface area contributed by atoms with Gasteiger partial charge in [-0.3, -0.25) is 0 Å². The first-order chi connectivity index (χ1) is 7.60. The quantitative estimate of drug-likeness (QED) is 0.861. The Balaban J connectivity index is 2.88. The van der Waals surface area contributed by atoms with E-state index in [9.17, 15) is 4.79 Å². The Morgan fingerprint density at radius 3 is 2.75 bits per heavy atom. The minimum Gasteiger partial charge on any atom is -0.496 e. The molecule has 0 saturated heterocycles. The molecule has 88 valence electrons. The third kappa shape index (κ3) is 2.96. The standard InChI is InChI=1S/C11H14BrNO3/c1-3-16-11(14)10(13)7-4-5-9(15-2)8(12)6-7/h4-6,10H,3,13H2,1-2H3/t10-/m0/s1. The summed E-state index contributed by atoms with van der Waals surface area (Å²) in [7, 11) is 1.57. The van der Waals surface area contributed by atoms with Crippen molar-refractivity contribution in [1.29, 1.82) is 0 Å². The Hall–Kier alpha value is -1.07. The molecule has 0 heterocycles. The van der Waals surface area contributed by atoms with Crippen LogP contribution in [0.4, 0.5) is 0 Å². The van der Waals surface area contributed by atoms with Crippen molar-refractivity contribution in [3.8, 4) is 5.75 Å². The second-order valence-corrected chi connectivity index (χ2v) is 3.98. The molecule has 1 aromatic rings. The fourth-order valence-electron chi connectivity index (χ4n) is 1.24. The average molecular weight is 288 g/mol. The molecule has 0 aromatic heterocycles.